The molecule has 0 bridgehead atoms. The van der Waals surface area contributed by atoms with Crippen LogP contribution in [0.5, 0.6) is 0 Å². The molecule has 1 saturated carbocycles. The monoisotopic (exact) mass is 343 g/mol. The zero-order valence-corrected chi connectivity index (χ0v) is 14.9. The molecule has 1 aliphatic heterocycles. The summed E-state index contributed by atoms with van der Waals surface area (Å²) in [5.41, 5.74) is 1.23. The Morgan fingerprint density at radius 3 is 2.48 bits per heavy atom. The van der Waals surface area contributed by atoms with Gasteiger partial charge in [0.25, 0.3) is 0 Å². The number of carbonyl (C=O) groups excluding carboxylic acids is 2. The van der Waals surface area contributed by atoms with Crippen LogP contribution >= 0.6 is 0 Å². The molecule has 2 aliphatic rings. The number of hydrogen-bond acceptors (Lipinski definition) is 3. The summed E-state index contributed by atoms with van der Waals surface area (Å²) in [5, 5.41) is 5.88. The van der Waals surface area contributed by atoms with Crippen molar-refractivity contribution in [3.8, 4) is 0 Å². The van der Waals surface area contributed by atoms with Crippen molar-refractivity contribution in [2.24, 2.45) is 5.92 Å². The van der Waals surface area contributed by atoms with E-state index in [1.807, 2.05) is 18.2 Å². The lowest BCUT2D eigenvalue weighted by atomic mass is 10.0. The second-order valence-corrected chi connectivity index (χ2v) is 7.31. The Kier molecular flexibility index (Phi) is 6.45. The van der Waals surface area contributed by atoms with Crippen molar-refractivity contribution in [1.82, 2.24) is 15.5 Å². The molecule has 0 aromatic heterocycles. The maximum Gasteiger partial charge on any atom is 0.239 e. The largest absolute Gasteiger partial charge is 0.350 e. The fourth-order valence-electron chi connectivity index (χ4n) is 3.45. The number of amides is 2. The first-order valence-corrected chi connectivity index (χ1v) is 9.54. The van der Waals surface area contributed by atoms with Crippen LogP contribution < -0.4 is 10.6 Å². The second kappa shape index (κ2) is 8.99. The van der Waals surface area contributed by atoms with Gasteiger partial charge in [-0.15, -0.1) is 0 Å². The van der Waals surface area contributed by atoms with Crippen LogP contribution in [0.15, 0.2) is 30.3 Å². The molecular weight excluding hydrogens is 314 g/mol. The lowest BCUT2D eigenvalue weighted by Gasteiger charge is -2.31. The Balaban J connectivity index is 1.52. The van der Waals surface area contributed by atoms with E-state index in [9.17, 15) is 9.59 Å². The first-order chi connectivity index (χ1) is 12.2. The maximum atomic E-state index is 12.3. The normalized spacial score (nSPS) is 19.2. The van der Waals surface area contributed by atoms with Crippen LogP contribution in [0, 0.1) is 5.92 Å². The molecule has 1 heterocycles. The number of rotatable bonds is 8. The van der Waals surface area contributed by atoms with E-state index in [0.29, 0.717) is 0 Å². The van der Waals surface area contributed by atoms with Crippen molar-refractivity contribution in [3.63, 3.8) is 0 Å². The molecule has 2 amide bonds. The summed E-state index contributed by atoms with van der Waals surface area (Å²) in [6, 6.07) is 10.4. The maximum absolute atomic E-state index is 12.3. The van der Waals surface area contributed by atoms with E-state index in [0.717, 1.165) is 38.9 Å². The van der Waals surface area contributed by atoms with Gasteiger partial charge in [0.1, 0.15) is 0 Å². The highest BCUT2D eigenvalue weighted by atomic mass is 16.2. The average Bonchev–Trinajstić information content (AvgIpc) is 3.46. The first kappa shape index (κ1) is 17.9. The Morgan fingerprint density at radius 1 is 1.08 bits per heavy atom. The predicted octanol–water partition coefficient (Wildman–Crippen LogP) is 1.73. The number of benzene rings is 1. The highest BCUT2D eigenvalue weighted by Crippen LogP contribution is 2.28. The average molecular weight is 343 g/mol. The Hall–Kier alpha value is -1.88. The number of nitrogens with zero attached hydrogens (tertiary/aromatic N) is 1. The lowest BCUT2D eigenvalue weighted by Crippen LogP contribution is -2.49. The van der Waals surface area contributed by atoms with Crippen LogP contribution in [0.25, 0.3) is 0 Å². The molecule has 136 valence electrons. The topological polar surface area (TPSA) is 61.4 Å². The highest BCUT2D eigenvalue weighted by molar-refractivity contribution is 5.87. The highest BCUT2D eigenvalue weighted by Gasteiger charge is 2.29. The Labute approximate surface area is 150 Å². The van der Waals surface area contributed by atoms with Gasteiger partial charge in [0.2, 0.25) is 11.8 Å². The number of hydrogen-bond donors (Lipinski definition) is 2. The number of piperidine rings is 1. The third kappa shape index (κ3) is 6.16. The minimum atomic E-state index is -0.0908. The molecule has 0 spiro atoms. The van der Waals surface area contributed by atoms with Gasteiger partial charge in [0, 0.05) is 18.5 Å². The van der Waals surface area contributed by atoms with Gasteiger partial charge in [-0.25, -0.2) is 0 Å². The summed E-state index contributed by atoms with van der Waals surface area (Å²) >= 11 is 0. The summed E-state index contributed by atoms with van der Waals surface area (Å²) in [7, 11) is 0. The van der Waals surface area contributed by atoms with Crippen molar-refractivity contribution in [2.45, 2.75) is 44.6 Å². The quantitative estimate of drug-likeness (QED) is 0.756. The van der Waals surface area contributed by atoms with Crippen LogP contribution in [0.4, 0.5) is 0 Å². The molecule has 5 nitrogen and oxygen atoms in total. The minimum Gasteiger partial charge on any atom is -0.350 e. The fourth-order valence-corrected chi connectivity index (χ4v) is 3.45. The summed E-state index contributed by atoms with van der Waals surface area (Å²) in [6.45, 7) is 3.18. The van der Waals surface area contributed by atoms with Crippen LogP contribution in [0.2, 0.25) is 0 Å². The Bertz CT molecular complexity index is 566. The lowest BCUT2D eigenvalue weighted by molar-refractivity contribution is -0.127. The van der Waals surface area contributed by atoms with E-state index in [1.165, 1.54) is 24.8 Å². The van der Waals surface area contributed by atoms with Crippen molar-refractivity contribution in [1.29, 1.82) is 0 Å². The van der Waals surface area contributed by atoms with E-state index in [1.54, 1.807) is 0 Å². The number of nitrogens with one attached hydrogen (secondary N) is 2. The predicted molar refractivity (Wildman–Crippen MR) is 98.1 cm³/mol. The second-order valence-electron chi connectivity index (χ2n) is 7.31. The van der Waals surface area contributed by atoms with Crippen molar-refractivity contribution >= 4 is 11.8 Å². The van der Waals surface area contributed by atoms with E-state index in [4.69, 9.17) is 0 Å². The molecule has 1 aliphatic carbocycles. The first-order valence-electron chi connectivity index (χ1n) is 9.54. The molecule has 1 aromatic rings. The van der Waals surface area contributed by atoms with E-state index >= 15 is 0 Å². The smallest absolute Gasteiger partial charge is 0.239 e. The van der Waals surface area contributed by atoms with Gasteiger partial charge in [0.15, 0.2) is 0 Å². The molecule has 25 heavy (non-hydrogen) atoms. The van der Waals surface area contributed by atoms with Crippen molar-refractivity contribution in [3.05, 3.63) is 35.9 Å². The molecular formula is C20H29N3O2. The third-order valence-corrected chi connectivity index (χ3v) is 4.99. The van der Waals surface area contributed by atoms with Crippen LogP contribution in [0.1, 0.15) is 37.7 Å². The van der Waals surface area contributed by atoms with Crippen molar-refractivity contribution in [2.75, 3.05) is 26.2 Å². The third-order valence-electron chi connectivity index (χ3n) is 4.99. The van der Waals surface area contributed by atoms with Gasteiger partial charge in [0.05, 0.1) is 6.54 Å². The molecule has 1 saturated heterocycles. The van der Waals surface area contributed by atoms with Crippen LogP contribution in [0.3, 0.4) is 0 Å². The van der Waals surface area contributed by atoms with Gasteiger partial charge in [-0.2, -0.15) is 0 Å². The zero-order chi connectivity index (χ0) is 17.5. The molecule has 3 rings (SSSR count). The van der Waals surface area contributed by atoms with E-state index < -0.39 is 0 Å². The summed E-state index contributed by atoms with van der Waals surface area (Å²) in [5.74, 6) is 0.0685. The van der Waals surface area contributed by atoms with Crippen LogP contribution in [-0.4, -0.2) is 48.9 Å². The van der Waals surface area contributed by atoms with Crippen LogP contribution in [-0.2, 0) is 16.0 Å². The fraction of sp³-hybridized carbons (Fsp3) is 0.600. The minimum absolute atomic E-state index is 0.0192. The SMILES string of the molecule is O=C(CNC(=O)C1CC1)N[C@@H](Cc1ccccc1)CN1CCCCC1. The molecule has 0 unspecified atom stereocenters. The van der Waals surface area contributed by atoms with Gasteiger partial charge in [-0.1, -0.05) is 36.8 Å². The zero-order valence-electron chi connectivity index (χ0n) is 14.9. The van der Waals surface area contributed by atoms with E-state index in [-0.39, 0.29) is 30.3 Å². The summed E-state index contributed by atoms with van der Waals surface area (Å²) < 4.78 is 0. The summed E-state index contributed by atoms with van der Waals surface area (Å²) in [6.07, 6.45) is 6.52. The molecule has 0 radical (unpaired) electrons. The number of likely N-dealkylation sites (tertiary alicyclic amines) is 1. The van der Waals surface area contributed by atoms with Gasteiger partial charge in [-0.05, 0) is 50.8 Å². The van der Waals surface area contributed by atoms with Gasteiger partial charge < -0.3 is 15.5 Å². The molecule has 1 aromatic carbocycles. The standard InChI is InChI=1S/C20H29N3O2/c24-19(14-21-20(25)17-9-10-17)22-18(13-16-7-3-1-4-8-16)15-23-11-5-2-6-12-23/h1,3-4,7-8,17-18H,2,5-6,9-15H2,(H,21,25)(H,22,24)/t18-/m0/s1. The van der Waals surface area contributed by atoms with Gasteiger partial charge >= 0.3 is 0 Å². The van der Waals surface area contributed by atoms with Gasteiger partial charge in [-0.3, -0.25) is 9.59 Å². The molecule has 5 heteroatoms. The molecule has 1 atom stereocenters. The van der Waals surface area contributed by atoms with Crippen molar-refractivity contribution < 1.29 is 9.59 Å². The molecule has 2 N–H and O–H groups in total. The number of carbonyl (C=O) groups is 2. The molecule has 2 fully saturated rings. The summed E-state index contributed by atoms with van der Waals surface area (Å²) in [4.78, 5) is 26.4. The Morgan fingerprint density at radius 2 is 1.80 bits per heavy atom. The van der Waals surface area contributed by atoms with E-state index in [2.05, 4.69) is 27.7 Å².